The van der Waals surface area contributed by atoms with E-state index in [1.807, 2.05) is 97.1 Å². The molecular weight excluding hydrogens is 691 g/mol. The average molecular weight is 732 g/mol. The monoisotopic (exact) mass is 731 g/mol. The Kier molecular flexibility index (Phi) is 12.4. The number of hydrogen-bond acceptors (Lipinski definition) is 9. The molecule has 0 radical (unpaired) electrons. The Hall–Kier alpha value is -5.32. The first-order valence-corrected chi connectivity index (χ1v) is 19.0. The summed E-state index contributed by atoms with van der Waals surface area (Å²) in [4.78, 5) is 36.2. The quantitative estimate of drug-likeness (QED) is 0.140. The normalized spacial score (nSPS) is 12.7. The van der Waals surface area contributed by atoms with Gasteiger partial charge < -0.3 is 19.5 Å². The SMILES string of the molecule is CCOC(=O)c1nc(-c2ccc(OC)cc2)c(-c2ccccc2)s1.COc1ccc(-c2nc(C(=O)NC3CCCCC3)sc2-c2ccccc2)cc1. The number of thiazole rings is 2. The van der Waals surface area contributed by atoms with E-state index in [1.165, 1.54) is 41.9 Å². The highest BCUT2D eigenvalue weighted by Gasteiger charge is 2.23. The first-order valence-electron chi connectivity index (χ1n) is 17.4. The molecule has 10 heteroatoms. The van der Waals surface area contributed by atoms with Crippen LogP contribution >= 0.6 is 22.7 Å². The number of nitrogens with zero attached hydrogens (tertiary/aromatic N) is 2. The first kappa shape index (κ1) is 36.5. The fraction of sp³-hybridized carbons (Fsp3) is 0.238. The van der Waals surface area contributed by atoms with Crippen molar-refractivity contribution >= 4 is 34.6 Å². The first-order chi connectivity index (χ1) is 25.5. The molecule has 0 atom stereocenters. The highest BCUT2D eigenvalue weighted by molar-refractivity contribution is 7.17. The molecule has 6 aromatic rings. The molecular formula is C42H41N3O5S2. The molecule has 266 valence electrons. The van der Waals surface area contributed by atoms with Gasteiger partial charge in [-0.1, -0.05) is 79.9 Å². The Morgan fingerprint density at radius 1 is 0.635 bits per heavy atom. The van der Waals surface area contributed by atoms with Crippen LogP contribution in [0.5, 0.6) is 11.5 Å². The molecule has 0 bridgehead atoms. The van der Waals surface area contributed by atoms with Gasteiger partial charge in [-0.05, 0) is 79.4 Å². The van der Waals surface area contributed by atoms with Crippen molar-refractivity contribution < 1.29 is 23.8 Å². The largest absolute Gasteiger partial charge is 0.497 e. The van der Waals surface area contributed by atoms with E-state index in [2.05, 4.69) is 22.4 Å². The fourth-order valence-electron chi connectivity index (χ4n) is 5.97. The lowest BCUT2D eigenvalue weighted by Crippen LogP contribution is -2.36. The predicted octanol–water partition coefficient (Wildman–Crippen LogP) is 10.2. The van der Waals surface area contributed by atoms with Gasteiger partial charge in [-0.2, -0.15) is 0 Å². The van der Waals surface area contributed by atoms with Crippen LogP contribution in [0.1, 0.15) is 58.6 Å². The molecule has 0 unspecified atom stereocenters. The minimum atomic E-state index is -0.389. The van der Waals surface area contributed by atoms with Gasteiger partial charge in [-0.15, -0.1) is 22.7 Å². The van der Waals surface area contributed by atoms with Crippen molar-refractivity contribution in [1.29, 1.82) is 0 Å². The smallest absolute Gasteiger partial charge is 0.367 e. The van der Waals surface area contributed by atoms with Gasteiger partial charge in [0.05, 0.1) is 42.0 Å². The summed E-state index contributed by atoms with van der Waals surface area (Å²) in [6.07, 6.45) is 5.77. The van der Waals surface area contributed by atoms with Crippen LogP contribution in [0.3, 0.4) is 0 Å². The van der Waals surface area contributed by atoms with Crippen molar-refractivity contribution in [2.45, 2.75) is 45.1 Å². The van der Waals surface area contributed by atoms with Crippen molar-refractivity contribution in [3.8, 4) is 54.9 Å². The van der Waals surface area contributed by atoms with E-state index < -0.39 is 0 Å². The highest BCUT2D eigenvalue weighted by Crippen LogP contribution is 2.39. The summed E-state index contributed by atoms with van der Waals surface area (Å²) in [6, 6.07) is 35.8. The Morgan fingerprint density at radius 3 is 1.56 bits per heavy atom. The van der Waals surface area contributed by atoms with E-state index in [4.69, 9.17) is 19.2 Å². The van der Waals surface area contributed by atoms with Crippen molar-refractivity contribution in [3.05, 3.63) is 119 Å². The van der Waals surface area contributed by atoms with Gasteiger partial charge in [0.25, 0.3) is 5.91 Å². The van der Waals surface area contributed by atoms with E-state index in [9.17, 15) is 9.59 Å². The summed E-state index contributed by atoms with van der Waals surface area (Å²) >= 11 is 2.81. The fourth-order valence-corrected chi connectivity index (χ4v) is 7.95. The van der Waals surface area contributed by atoms with Crippen LogP contribution in [0.4, 0.5) is 0 Å². The topological polar surface area (TPSA) is 99.6 Å². The Bertz CT molecular complexity index is 2060. The van der Waals surface area contributed by atoms with Gasteiger partial charge in [-0.25, -0.2) is 14.8 Å². The third-order valence-electron chi connectivity index (χ3n) is 8.64. The van der Waals surface area contributed by atoms with Crippen LogP contribution in [0, 0.1) is 0 Å². The lowest BCUT2D eigenvalue weighted by atomic mass is 9.95. The third kappa shape index (κ3) is 8.93. The maximum Gasteiger partial charge on any atom is 0.367 e. The van der Waals surface area contributed by atoms with E-state index in [0.717, 1.165) is 67.7 Å². The molecule has 0 saturated heterocycles. The second kappa shape index (κ2) is 17.7. The molecule has 4 aromatic carbocycles. The summed E-state index contributed by atoms with van der Waals surface area (Å²) in [5.41, 5.74) is 5.62. The minimum Gasteiger partial charge on any atom is -0.497 e. The third-order valence-corrected chi connectivity index (χ3v) is 10.8. The molecule has 1 saturated carbocycles. The van der Waals surface area contributed by atoms with Crippen LogP contribution in [-0.4, -0.2) is 48.7 Å². The van der Waals surface area contributed by atoms with Crippen LogP contribution in [-0.2, 0) is 4.74 Å². The molecule has 2 aromatic heterocycles. The summed E-state index contributed by atoms with van der Waals surface area (Å²) < 4.78 is 15.6. The maximum absolute atomic E-state index is 12.9. The number of methoxy groups -OCH3 is 2. The molecule has 0 spiro atoms. The molecule has 1 fully saturated rings. The lowest BCUT2D eigenvalue weighted by molar-refractivity contribution is 0.0526. The summed E-state index contributed by atoms with van der Waals surface area (Å²) in [6.45, 7) is 2.12. The number of rotatable bonds is 10. The zero-order valence-electron chi connectivity index (χ0n) is 29.5. The molecule has 52 heavy (non-hydrogen) atoms. The van der Waals surface area contributed by atoms with E-state index >= 15 is 0 Å². The number of nitrogens with one attached hydrogen (secondary N) is 1. The molecule has 1 N–H and O–H groups in total. The van der Waals surface area contributed by atoms with E-state index in [1.54, 1.807) is 21.1 Å². The number of esters is 1. The number of aromatic nitrogens is 2. The van der Waals surface area contributed by atoms with Gasteiger partial charge in [0, 0.05) is 17.2 Å². The van der Waals surface area contributed by atoms with Gasteiger partial charge in [0.15, 0.2) is 5.01 Å². The van der Waals surface area contributed by atoms with Crippen molar-refractivity contribution in [3.63, 3.8) is 0 Å². The number of amides is 1. The zero-order valence-corrected chi connectivity index (χ0v) is 31.1. The predicted molar refractivity (Wildman–Crippen MR) is 209 cm³/mol. The van der Waals surface area contributed by atoms with E-state index in [0.29, 0.717) is 16.6 Å². The lowest BCUT2D eigenvalue weighted by Gasteiger charge is -2.22. The van der Waals surface area contributed by atoms with E-state index in [-0.39, 0.29) is 17.9 Å². The summed E-state index contributed by atoms with van der Waals surface area (Å²) in [5.74, 6) is 1.13. The molecule has 7 rings (SSSR count). The molecule has 8 nitrogen and oxygen atoms in total. The molecule has 2 heterocycles. The van der Waals surface area contributed by atoms with Gasteiger partial charge in [0.1, 0.15) is 11.5 Å². The van der Waals surface area contributed by atoms with Crippen LogP contribution in [0.25, 0.3) is 43.4 Å². The summed E-state index contributed by atoms with van der Waals surface area (Å²) in [7, 11) is 3.28. The Balaban J connectivity index is 0.000000181. The van der Waals surface area contributed by atoms with Gasteiger partial charge in [0.2, 0.25) is 5.01 Å². The number of carbonyl (C=O) groups is 2. The number of benzene rings is 4. The van der Waals surface area contributed by atoms with Gasteiger partial charge in [-0.3, -0.25) is 4.79 Å². The van der Waals surface area contributed by atoms with Crippen molar-refractivity contribution in [1.82, 2.24) is 15.3 Å². The molecule has 1 aliphatic rings. The highest BCUT2D eigenvalue weighted by atomic mass is 32.1. The average Bonchev–Trinajstić information content (AvgIpc) is 3.86. The number of carbonyl (C=O) groups excluding carboxylic acids is 2. The van der Waals surface area contributed by atoms with Crippen LogP contribution < -0.4 is 14.8 Å². The van der Waals surface area contributed by atoms with Crippen molar-refractivity contribution in [2.24, 2.45) is 0 Å². The number of hydrogen-bond donors (Lipinski definition) is 1. The standard InChI is InChI=1S/C23H24N2O2S.C19H17NO3S/c1-27-19-14-12-16(13-15-19)20-21(17-8-4-2-5-9-17)28-23(25-20)22(26)24-18-10-6-3-7-11-18;1-3-23-19(21)18-20-16(13-9-11-15(22-2)12-10-13)17(24-18)14-7-5-4-6-8-14/h2,4-5,8-9,12-15,18H,3,6-7,10-11H2,1H3,(H,24,26);4-12H,3H2,1-2H3. The second-order valence-corrected chi connectivity index (χ2v) is 14.1. The van der Waals surface area contributed by atoms with Crippen LogP contribution in [0.15, 0.2) is 109 Å². The minimum absolute atomic E-state index is 0.0613. The molecule has 0 aliphatic heterocycles. The molecule has 1 aliphatic carbocycles. The van der Waals surface area contributed by atoms with Crippen molar-refractivity contribution in [2.75, 3.05) is 20.8 Å². The van der Waals surface area contributed by atoms with Gasteiger partial charge >= 0.3 is 5.97 Å². The maximum atomic E-state index is 12.9. The Morgan fingerprint density at radius 2 is 1.10 bits per heavy atom. The summed E-state index contributed by atoms with van der Waals surface area (Å²) in [5, 5.41) is 4.07. The number of ether oxygens (including phenoxy) is 3. The molecule has 1 amide bonds. The Labute approximate surface area is 312 Å². The second-order valence-electron chi connectivity index (χ2n) is 12.1. The zero-order chi connectivity index (χ0) is 36.3. The van der Waals surface area contributed by atoms with Crippen LogP contribution in [0.2, 0.25) is 0 Å².